The zero-order valence-corrected chi connectivity index (χ0v) is 14.5. The van der Waals surface area contributed by atoms with Crippen LogP contribution in [0.1, 0.15) is 18.0 Å². The van der Waals surface area contributed by atoms with Crippen LogP contribution in [0.3, 0.4) is 0 Å². The first-order valence-electron chi connectivity index (χ1n) is 8.25. The van der Waals surface area contributed by atoms with Crippen LogP contribution in [-0.2, 0) is 0 Å². The molecule has 0 spiro atoms. The molecule has 1 atom stereocenters. The number of rotatable bonds is 6. The first kappa shape index (κ1) is 18.7. The van der Waals surface area contributed by atoms with Crippen molar-refractivity contribution in [3.05, 3.63) is 60.2 Å². The lowest BCUT2D eigenvalue weighted by Gasteiger charge is -2.35. The van der Waals surface area contributed by atoms with E-state index in [1.165, 1.54) is 5.56 Å². The van der Waals surface area contributed by atoms with Gasteiger partial charge >= 0.3 is 0 Å². The van der Waals surface area contributed by atoms with Gasteiger partial charge in [-0.25, -0.2) is 0 Å². The van der Waals surface area contributed by atoms with Gasteiger partial charge in [-0.1, -0.05) is 30.3 Å². The number of piperazine rings is 1. The number of aliphatic hydroxyl groups excluding tert-OH is 1. The van der Waals surface area contributed by atoms with Gasteiger partial charge in [0, 0.05) is 38.8 Å². The van der Waals surface area contributed by atoms with Gasteiger partial charge in [-0.05, 0) is 36.2 Å². The molecule has 0 unspecified atom stereocenters. The summed E-state index contributed by atoms with van der Waals surface area (Å²) in [5.74, 6) is 1.68. The average Bonchev–Trinajstić information content (AvgIpc) is 2.61. The molecule has 2 aromatic rings. The summed E-state index contributed by atoms with van der Waals surface area (Å²) in [5, 5.41) is 12.8. The molecule has 1 heterocycles. The molecule has 1 aliphatic heterocycles. The number of nitrogens with zero attached hydrogens (tertiary/aromatic N) is 1. The lowest BCUT2D eigenvalue weighted by atomic mass is 10.0. The SMILES string of the molecule is Cl.OCC[C@@H](c1cccc(Oc2ccccc2)c1)N1CCNCC1. The van der Waals surface area contributed by atoms with Crippen molar-refractivity contribution in [2.45, 2.75) is 12.5 Å². The van der Waals surface area contributed by atoms with Crippen LogP contribution in [0, 0.1) is 0 Å². The summed E-state index contributed by atoms with van der Waals surface area (Å²) in [7, 11) is 0. The van der Waals surface area contributed by atoms with Crippen molar-refractivity contribution in [2.24, 2.45) is 0 Å². The van der Waals surface area contributed by atoms with E-state index in [4.69, 9.17) is 4.74 Å². The van der Waals surface area contributed by atoms with Crippen LogP contribution in [-0.4, -0.2) is 42.8 Å². The van der Waals surface area contributed by atoms with Crippen LogP contribution in [0.25, 0.3) is 0 Å². The van der Waals surface area contributed by atoms with E-state index in [2.05, 4.69) is 22.3 Å². The molecule has 0 bridgehead atoms. The first-order valence-corrected chi connectivity index (χ1v) is 8.25. The van der Waals surface area contributed by atoms with Crippen molar-refractivity contribution in [3.63, 3.8) is 0 Å². The van der Waals surface area contributed by atoms with Crippen LogP contribution in [0.2, 0.25) is 0 Å². The molecule has 3 rings (SSSR count). The van der Waals surface area contributed by atoms with Crippen LogP contribution < -0.4 is 10.1 Å². The number of nitrogens with one attached hydrogen (secondary N) is 1. The normalized spacial score (nSPS) is 16.2. The minimum Gasteiger partial charge on any atom is -0.457 e. The maximum atomic E-state index is 9.46. The van der Waals surface area contributed by atoms with Crippen LogP contribution in [0.4, 0.5) is 0 Å². The van der Waals surface area contributed by atoms with Gasteiger partial charge in [0.2, 0.25) is 0 Å². The van der Waals surface area contributed by atoms with E-state index in [1.54, 1.807) is 0 Å². The Bertz CT molecular complexity index is 603. The lowest BCUT2D eigenvalue weighted by molar-refractivity contribution is 0.141. The number of hydrogen-bond donors (Lipinski definition) is 2. The molecular weight excluding hydrogens is 324 g/mol. The maximum absolute atomic E-state index is 9.46. The predicted molar refractivity (Wildman–Crippen MR) is 99.1 cm³/mol. The Hall–Kier alpha value is -1.59. The predicted octanol–water partition coefficient (Wildman–Crippen LogP) is 3.23. The Kier molecular flexibility index (Phi) is 7.53. The molecule has 0 amide bonds. The lowest BCUT2D eigenvalue weighted by Crippen LogP contribution is -2.45. The Morgan fingerprint density at radius 3 is 2.42 bits per heavy atom. The Morgan fingerprint density at radius 2 is 1.71 bits per heavy atom. The maximum Gasteiger partial charge on any atom is 0.127 e. The van der Waals surface area contributed by atoms with Gasteiger partial charge in [-0.3, -0.25) is 4.90 Å². The third kappa shape index (κ3) is 4.95. The summed E-state index contributed by atoms with van der Waals surface area (Å²) in [6, 6.07) is 18.3. The van der Waals surface area contributed by atoms with E-state index in [1.807, 2.05) is 42.5 Å². The van der Waals surface area contributed by atoms with Gasteiger partial charge in [0.1, 0.15) is 11.5 Å². The summed E-state index contributed by atoms with van der Waals surface area (Å²) in [4.78, 5) is 2.44. The van der Waals surface area contributed by atoms with E-state index < -0.39 is 0 Å². The minimum absolute atomic E-state index is 0. The Labute approximate surface area is 149 Å². The zero-order chi connectivity index (χ0) is 15.9. The van der Waals surface area contributed by atoms with Crippen molar-refractivity contribution in [1.29, 1.82) is 0 Å². The van der Waals surface area contributed by atoms with E-state index in [9.17, 15) is 5.11 Å². The molecule has 130 valence electrons. The van der Waals surface area contributed by atoms with Crippen LogP contribution >= 0.6 is 12.4 Å². The summed E-state index contributed by atoms with van der Waals surface area (Å²) >= 11 is 0. The topological polar surface area (TPSA) is 44.7 Å². The highest BCUT2D eigenvalue weighted by Gasteiger charge is 2.22. The molecule has 1 aliphatic rings. The number of halogens is 1. The number of para-hydroxylation sites is 1. The highest BCUT2D eigenvalue weighted by atomic mass is 35.5. The fraction of sp³-hybridized carbons (Fsp3) is 0.368. The molecule has 0 aromatic heterocycles. The highest BCUT2D eigenvalue weighted by Crippen LogP contribution is 2.29. The second kappa shape index (κ2) is 9.64. The molecule has 0 saturated carbocycles. The van der Waals surface area contributed by atoms with E-state index >= 15 is 0 Å². The number of hydrogen-bond acceptors (Lipinski definition) is 4. The first-order chi connectivity index (χ1) is 11.4. The third-order valence-corrected chi connectivity index (χ3v) is 4.22. The van der Waals surface area contributed by atoms with Gasteiger partial charge in [0.25, 0.3) is 0 Å². The van der Waals surface area contributed by atoms with Crippen molar-refractivity contribution in [3.8, 4) is 11.5 Å². The zero-order valence-electron chi connectivity index (χ0n) is 13.7. The summed E-state index contributed by atoms with van der Waals surface area (Å²) in [6.07, 6.45) is 0.745. The second-order valence-electron chi connectivity index (χ2n) is 5.80. The molecule has 5 heteroatoms. The van der Waals surface area contributed by atoms with Gasteiger partial charge in [0.05, 0.1) is 0 Å². The molecule has 1 fully saturated rings. The molecule has 24 heavy (non-hydrogen) atoms. The fourth-order valence-electron chi connectivity index (χ4n) is 3.09. The van der Waals surface area contributed by atoms with Crippen molar-refractivity contribution < 1.29 is 9.84 Å². The quantitative estimate of drug-likeness (QED) is 0.841. The molecule has 4 nitrogen and oxygen atoms in total. The van der Waals surface area contributed by atoms with Crippen molar-refractivity contribution in [2.75, 3.05) is 32.8 Å². The van der Waals surface area contributed by atoms with Gasteiger partial charge in [-0.15, -0.1) is 12.4 Å². The molecule has 1 saturated heterocycles. The largest absolute Gasteiger partial charge is 0.457 e. The fourth-order valence-corrected chi connectivity index (χ4v) is 3.09. The summed E-state index contributed by atoms with van der Waals surface area (Å²) in [6.45, 7) is 4.21. The number of ether oxygens (including phenoxy) is 1. The van der Waals surface area contributed by atoms with Crippen molar-refractivity contribution >= 4 is 12.4 Å². The molecule has 2 aromatic carbocycles. The van der Waals surface area contributed by atoms with Gasteiger partial charge in [-0.2, -0.15) is 0 Å². The minimum atomic E-state index is 0. The van der Waals surface area contributed by atoms with E-state index in [0.29, 0.717) is 0 Å². The molecule has 0 aliphatic carbocycles. The monoisotopic (exact) mass is 348 g/mol. The van der Waals surface area contributed by atoms with Gasteiger partial charge in [0.15, 0.2) is 0 Å². The van der Waals surface area contributed by atoms with Crippen LogP contribution in [0.15, 0.2) is 54.6 Å². The smallest absolute Gasteiger partial charge is 0.127 e. The molecular formula is C19H25ClN2O2. The highest BCUT2D eigenvalue weighted by molar-refractivity contribution is 5.85. The van der Waals surface area contributed by atoms with Gasteiger partial charge < -0.3 is 15.2 Å². The number of benzene rings is 2. The molecule has 0 radical (unpaired) electrons. The summed E-state index contributed by atoms with van der Waals surface area (Å²) in [5.41, 5.74) is 1.20. The Balaban J connectivity index is 0.00000208. The standard InChI is InChI=1S/C19H24N2O2.ClH/c22-14-9-19(21-12-10-20-11-13-21)16-5-4-8-18(15-16)23-17-6-2-1-3-7-17;/h1-8,15,19-20,22H,9-14H2;1H/t19-;/m0./s1. The van der Waals surface area contributed by atoms with Crippen LogP contribution in [0.5, 0.6) is 11.5 Å². The number of aliphatic hydroxyl groups is 1. The van der Waals surface area contributed by atoms with Crippen molar-refractivity contribution in [1.82, 2.24) is 10.2 Å². The van der Waals surface area contributed by atoms with E-state index in [0.717, 1.165) is 44.1 Å². The van der Waals surface area contributed by atoms with E-state index in [-0.39, 0.29) is 25.1 Å². The molecule has 2 N–H and O–H groups in total. The summed E-state index contributed by atoms with van der Waals surface area (Å²) < 4.78 is 5.94. The third-order valence-electron chi connectivity index (χ3n) is 4.22. The average molecular weight is 349 g/mol. The second-order valence-corrected chi connectivity index (χ2v) is 5.80. The Morgan fingerprint density at radius 1 is 1.00 bits per heavy atom.